The van der Waals surface area contributed by atoms with Crippen molar-refractivity contribution < 1.29 is 23.5 Å². The average Bonchev–Trinajstić information content (AvgIpc) is 2.55. The normalized spacial score (nSPS) is 10.3. The van der Waals surface area contributed by atoms with Gasteiger partial charge in [0, 0.05) is 11.1 Å². The Morgan fingerprint density at radius 2 is 1.76 bits per heavy atom. The summed E-state index contributed by atoms with van der Waals surface area (Å²) in [6.07, 6.45) is 0. The van der Waals surface area contributed by atoms with E-state index in [1.54, 1.807) is 0 Å². The van der Waals surface area contributed by atoms with Gasteiger partial charge in [-0.1, -0.05) is 34.8 Å². The number of carbonyl (C=O) groups excluding carboxylic acids is 2. The zero-order valence-corrected chi connectivity index (χ0v) is 15.0. The Bertz CT molecular complexity index is 806. The first kappa shape index (κ1) is 19.3. The summed E-state index contributed by atoms with van der Waals surface area (Å²) in [6.45, 7) is -0.653. The zero-order chi connectivity index (χ0) is 18.6. The molecule has 5 nitrogen and oxygen atoms in total. The second kappa shape index (κ2) is 8.38. The summed E-state index contributed by atoms with van der Waals surface area (Å²) in [6, 6.07) is 6.41. The predicted octanol–water partition coefficient (Wildman–Crippen LogP) is 4.59. The molecule has 0 unspecified atom stereocenters. The number of ether oxygens (including phenoxy) is 2. The van der Waals surface area contributed by atoms with Crippen LogP contribution >= 0.6 is 34.8 Å². The molecular weight excluding hydrogens is 396 g/mol. The van der Waals surface area contributed by atoms with Gasteiger partial charge in [0.2, 0.25) is 0 Å². The van der Waals surface area contributed by atoms with Crippen molar-refractivity contribution in [2.24, 2.45) is 0 Å². The van der Waals surface area contributed by atoms with Crippen molar-refractivity contribution in [3.8, 4) is 5.75 Å². The molecule has 0 aliphatic carbocycles. The number of hydrogen-bond donors (Lipinski definition) is 1. The number of esters is 1. The molecule has 1 amide bonds. The Hall–Kier alpha value is -2.02. The van der Waals surface area contributed by atoms with Gasteiger partial charge in [-0.3, -0.25) is 4.79 Å². The van der Waals surface area contributed by atoms with Gasteiger partial charge in [-0.2, -0.15) is 0 Å². The summed E-state index contributed by atoms with van der Waals surface area (Å²) in [7, 11) is 1.37. The van der Waals surface area contributed by atoms with Gasteiger partial charge in [0.15, 0.2) is 6.61 Å². The van der Waals surface area contributed by atoms with Crippen LogP contribution < -0.4 is 10.1 Å². The fourth-order valence-corrected chi connectivity index (χ4v) is 2.75. The minimum absolute atomic E-state index is 0.123. The predicted molar refractivity (Wildman–Crippen MR) is 93.3 cm³/mol. The Balaban J connectivity index is 1.99. The van der Waals surface area contributed by atoms with E-state index >= 15 is 0 Å². The molecule has 132 valence electrons. The molecule has 0 saturated carbocycles. The van der Waals surface area contributed by atoms with Crippen LogP contribution in [0.5, 0.6) is 5.75 Å². The van der Waals surface area contributed by atoms with Crippen molar-refractivity contribution in [2.45, 2.75) is 0 Å². The zero-order valence-electron chi connectivity index (χ0n) is 12.7. The number of halogens is 4. The topological polar surface area (TPSA) is 64.6 Å². The molecule has 0 aliphatic heterocycles. The van der Waals surface area contributed by atoms with Crippen LogP contribution in [-0.2, 0) is 9.53 Å². The molecular formula is C16H11Cl3FNO4. The van der Waals surface area contributed by atoms with Crippen molar-refractivity contribution in [1.29, 1.82) is 0 Å². The number of anilines is 1. The van der Waals surface area contributed by atoms with E-state index in [0.29, 0.717) is 5.02 Å². The van der Waals surface area contributed by atoms with Crippen molar-refractivity contribution in [3.63, 3.8) is 0 Å². The summed E-state index contributed by atoms with van der Waals surface area (Å²) in [5.41, 5.74) is -0.194. The molecule has 0 aromatic heterocycles. The van der Waals surface area contributed by atoms with Gasteiger partial charge in [-0.05, 0) is 24.3 Å². The van der Waals surface area contributed by atoms with E-state index in [-0.39, 0.29) is 27.0 Å². The molecule has 1 N–H and O–H groups in total. The van der Waals surface area contributed by atoms with Gasteiger partial charge in [-0.25, -0.2) is 9.18 Å². The first-order valence-corrected chi connectivity index (χ1v) is 7.90. The highest BCUT2D eigenvalue weighted by atomic mass is 35.5. The van der Waals surface area contributed by atoms with Gasteiger partial charge < -0.3 is 14.8 Å². The van der Waals surface area contributed by atoms with Gasteiger partial charge in [0.25, 0.3) is 5.91 Å². The smallest absolute Gasteiger partial charge is 0.341 e. The minimum atomic E-state index is -0.997. The quantitative estimate of drug-likeness (QED) is 0.738. The number of hydrogen-bond acceptors (Lipinski definition) is 4. The number of rotatable bonds is 5. The first-order chi connectivity index (χ1) is 11.8. The molecule has 2 aromatic carbocycles. The van der Waals surface area contributed by atoms with Crippen LogP contribution in [0.25, 0.3) is 0 Å². The van der Waals surface area contributed by atoms with E-state index in [2.05, 4.69) is 5.32 Å². The number of benzene rings is 2. The number of nitrogens with one attached hydrogen (secondary N) is 1. The lowest BCUT2D eigenvalue weighted by molar-refractivity contribution is -0.119. The van der Waals surface area contributed by atoms with Crippen LogP contribution in [0.15, 0.2) is 30.3 Å². The number of amides is 1. The molecule has 0 aliphatic rings. The third-order valence-electron chi connectivity index (χ3n) is 3.00. The fraction of sp³-hybridized carbons (Fsp3) is 0.125. The highest BCUT2D eigenvalue weighted by molar-refractivity contribution is 6.42. The van der Waals surface area contributed by atoms with Crippen LogP contribution in [0.4, 0.5) is 10.1 Å². The number of carbonyl (C=O) groups is 2. The molecule has 0 saturated heterocycles. The molecule has 9 heteroatoms. The van der Waals surface area contributed by atoms with E-state index in [1.807, 2.05) is 0 Å². The monoisotopic (exact) mass is 405 g/mol. The highest BCUT2D eigenvalue weighted by Crippen LogP contribution is 2.33. The van der Waals surface area contributed by atoms with Crippen LogP contribution in [-0.4, -0.2) is 25.6 Å². The van der Waals surface area contributed by atoms with Crippen molar-refractivity contribution in [3.05, 3.63) is 56.8 Å². The second-order valence-electron chi connectivity index (χ2n) is 4.71. The fourth-order valence-electron chi connectivity index (χ4n) is 1.83. The maximum absolute atomic E-state index is 13.8. The van der Waals surface area contributed by atoms with Gasteiger partial charge in [0.05, 0.1) is 28.4 Å². The largest absolute Gasteiger partial charge is 0.497 e. The summed E-state index contributed by atoms with van der Waals surface area (Å²) >= 11 is 17.6. The Morgan fingerprint density at radius 1 is 1.12 bits per heavy atom. The summed E-state index contributed by atoms with van der Waals surface area (Å²) in [5.74, 6) is -2.27. The molecule has 0 radical (unpaired) electrons. The van der Waals surface area contributed by atoms with E-state index < -0.39 is 24.3 Å². The number of methoxy groups -OCH3 is 1. The Kier molecular flexibility index (Phi) is 6.47. The molecule has 2 aromatic rings. The van der Waals surface area contributed by atoms with Crippen molar-refractivity contribution in [1.82, 2.24) is 0 Å². The van der Waals surface area contributed by atoms with E-state index in [0.717, 1.165) is 6.07 Å². The Labute approximate surface area is 157 Å². The molecule has 0 heterocycles. The Morgan fingerprint density at radius 3 is 2.32 bits per heavy atom. The van der Waals surface area contributed by atoms with Crippen LogP contribution in [0.2, 0.25) is 15.1 Å². The standard InChI is InChI=1S/C16H11Cl3FNO4/c1-24-9-2-3-10(13(20)6-9)16(23)25-7-14(22)21-15-11(18)4-8(17)5-12(15)19/h2-6H,7H2,1H3,(H,21,22). The highest BCUT2D eigenvalue weighted by Gasteiger charge is 2.17. The maximum atomic E-state index is 13.8. The SMILES string of the molecule is COc1ccc(C(=O)OCC(=O)Nc2c(Cl)cc(Cl)cc2Cl)c(F)c1. The lowest BCUT2D eigenvalue weighted by atomic mass is 10.2. The third-order valence-corrected chi connectivity index (χ3v) is 3.82. The van der Waals surface area contributed by atoms with Crippen LogP contribution in [0, 0.1) is 5.82 Å². The molecule has 25 heavy (non-hydrogen) atoms. The van der Waals surface area contributed by atoms with Gasteiger partial charge >= 0.3 is 5.97 Å². The lowest BCUT2D eigenvalue weighted by Gasteiger charge is -2.10. The summed E-state index contributed by atoms with van der Waals surface area (Å²) < 4.78 is 23.4. The average molecular weight is 407 g/mol. The summed E-state index contributed by atoms with van der Waals surface area (Å²) in [5, 5.41) is 2.94. The second-order valence-corrected chi connectivity index (χ2v) is 5.97. The van der Waals surface area contributed by atoms with Crippen molar-refractivity contribution >= 4 is 52.4 Å². The lowest BCUT2D eigenvalue weighted by Crippen LogP contribution is -2.21. The molecule has 0 spiro atoms. The minimum Gasteiger partial charge on any atom is -0.497 e. The maximum Gasteiger partial charge on any atom is 0.341 e. The third kappa shape index (κ3) is 4.98. The molecule has 0 bridgehead atoms. The van der Waals surface area contributed by atoms with Gasteiger partial charge in [0.1, 0.15) is 11.6 Å². The summed E-state index contributed by atoms with van der Waals surface area (Å²) in [4.78, 5) is 23.7. The molecule has 0 fully saturated rings. The molecule has 2 rings (SSSR count). The van der Waals surface area contributed by atoms with Crippen LogP contribution in [0.1, 0.15) is 10.4 Å². The van der Waals surface area contributed by atoms with E-state index in [4.69, 9.17) is 44.3 Å². The van der Waals surface area contributed by atoms with E-state index in [9.17, 15) is 14.0 Å². The molecule has 0 atom stereocenters. The first-order valence-electron chi connectivity index (χ1n) is 6.77. The van der Waals surface area contributed by atoms with Gasteiger partial charge in [-0.15, -0.1) is 0 Å². The van der Waals surface area contributed by atoms with Crippen molar-refractivity contribution in [2.75, 3.05) is 19.0 Å². The van der Waals surface area contributed by atoms with Crippen LogP contribution in [0.3, 0.4) is 0 Å². The van der Waals surface area contributed by atoms with E-state index in [1.165, 1.54) is 31.4 Å².